The summed E-state index contributed by atoms with van der Waals surface area (Å²) in [5.74, 6) is -1.48. The number of hydrogen-bond donors (Lipinski definition) is 1. The van der Waals surface area contributed by atoms with Crippen LogP contribution in [-0.4, -0.2) is 48.8 Å². The highest BCUT2D eigenvalue weighted by Crippen LogP contribution is 2.20. The van der Waals surface area contributed by atoms with Gasteiger partial charge in [0, 0.05) is 24.6 Å². The Bertz CT molecular complexity index is 549. The molecular weight excluding hydrogens is 314 g/mol. The van der Waals surface area contributed by atoms with E-state index < -0.39 is 16.0 Å². The summed E-state index contributed by atoms with van der Waals surface area (Å²) in [7, 11) is -3.60. The van der Waals surface area contributed by atoms with Crippen LogP contribution in [0.1, 0.15) is 24.1 Å². The van der Waals surface area contributed by atoms with E-state index in [1.807, 2.05) is 17.5 Å². The van der Waals surface area contributed by atoms with E-state index in [2.05, 4.69) is 0 Å². The Kier molecular flexibility index (Phi) is 5.74. The molecule has 2 heterocycles. The molecule has 1 N–H and O–H groups in total. The zero-order valence-electron chi connectivity index (χ0n) is 11.6. The van der Waals surface area contributed by atoms with E-state index in [1.165, 1.54) is 15.6 Å². The van der Waals surface area contributed by atoms with Crippen LogP contribution in [0, 0.1) is 0 Å². The van der Waals surface area contributed by atoms with Gasteiger partial charge in [-0.2, -0.15) is 4.31 Å². The number of carboxylic acids is 1. The van der Waals surface area contributed by atoms with Gasteiger partial charge in [-0.1, -0.05) is 6.07 Å². The van der Waals surface area contributed by atoms with Crippen molar-refractivity contribution in [3.8, 4) is 0 Å². The topological polar surface area (TPSA) is 83.9 Å². The molecular formula is C13H19NO5S2. The smallest absolute Gasteiger partial charge is 0.304 e. The molecule has 8 heteroatoms. The van der Waals surface area contributed by atoms with Crippen molar-refractivity contribution in [3.05, 3.63) is 22.4 Å². The van der Waals surface area contributed by atoms with Crippen LogP contribution in [0.5, 0.6) is 0 Å². The maximum Gasteiger partial charge on any atom is 0.304 e. The summed E-state index contributed by atoms with van der Waals surface area (Å²) in [5.41, 5.74) is 0. The molecule has 0 amide bonds. The number of rotatable bonds is 8. The van der Waals surface area contributed by atoms with Crippen molar-refractivity contribution in [2.45, 2.75) is 31.9 Å². The molecule has 1 saturated heterocycles. The average Bonchev–Trinajstić information content (AvgIpc) is 3.09. The fraction of sp³-hybridized carbons (Fsp3) is 0.615. The normalized spacial score (nSPS) is 19.2. The fourth-order valence-corrected chi connectivity index (χ4v) is 4.43. The zero-order chi connectivity index (χ0) is 15.3. The summed E-state index contributed by atoms with van der Waals surface area (Å²) in [6.45, 7) is 1.23. The molecule has 1 atom stereocenters. The van der Waals surface area contributed by atoms with Gasteiger partial charge in [0.1, 0.15) is 0 Å². The van der Waals surface area contributed by atoms with Gasteiger partial charge in [0.2, 0.25) is 10.0 Å². The number of thiophene rings is 1. The minimum absolute atomic E-state index is 0.0930. The standard InChI is InChI=1S/C13H19NO5S2/c15-13(16)5-8-21(17,18)14(9-11-3-1-6-19-11)10-12-4-2-7-20-12/h2,4,7,11H,1,3,5-6,8-10H2,(H,15,16). The Balaban J connectivity index is 2.07. The Morgan fingerprint density at radius 2 is 2.33 bits per heavy atom. The number of carbonyl (C=O) groups is 1. The lowest BCUT2D eigenvalue weighted by Crippen LogP contribution is -2.38. The third kappa shape index (κ3) is 5.06. The lowest BCUT2D eigenvalue weighted by molar-refractivity contribution is -0.136. The molecule has 0 aliphatic carbocycles. The minimum atomic E-state index is -3.60. The number of hydrogen-bond acceptors (Lipinski definition) is 5. The van der Waals surface area contributed by atoms with E-state index in [1.54, 1.807) is 0 Å². The van der Waals surface area contributed by atoms with Crippen LogP contribution in [0.3, 0.4) is 0 Å². The highest BCUT2D eigenvalue weighted by atomic mass is 32.2. The molecule has 0 bridgehead atoms. The Morgan fingerprint density at radius 1 is 1.52 bits per heavy atom. The number of aliphatic carboxylic acids is 1. The summed E-state index contributed by atoms with van der Waals surface area (Å²) < 4.78 is 31.6. The second-order valence-corrected chi connectivity index (χ2v) is 8.09. The maximum absolute atomic E-state index is 12.4. The SMILES string of the molecule is O=C(O)CCS(=O)(=O)N(Cc1cccs1)CC1CCCO1. The third-order valence-electron chi connectivity index (χ3n) is 3.31. The first kappa shape index (κ1) is 16.4. The highest BCUT2D eigenvalue weighted by molar-refractivity contribution is 7.89. The molecule has 1 aromatic rings. The lowest BCUT2D eigenvalue weighted by Gasteiger charge is -2.24. The first-order valence-electron chi connectivity index (χ1n) is 6.81. The van der Waals surface area contributed by atoms with Crippen LogP contribution < -0.4 is 0 Å². The van der Waals surface area contributed by atoms with Gasteiger partial charge in [-0.25, -0.2) is 8.42 Å². The van der Waals surface area contributed by atoms with Crippen LogP contribution in [0.15, 0.2) is 17.5 Å². The number of carboxylic acid groups (broad SMARTS) is 1. The summed E-state index contributed by atoms with van der Waals surface area (Å²) in [4.78, 5) is 11.6. The average molecular weight is 333 g/mol. The largest absolute Gasteiger partial charge is 0.481 e. The van der Waals surface area contributed by atoms with Crippen LogP contribution in [0.4, 0.5) is 0 Å². The molecule has 1 unspecified atom stereocenters. The maximum atomic E-state index is 12.4. The zero-order valence-corrected chi connectivity index (χ0v) is 13.2. The number of ether oxygens (including phenoxy) is 1. The quantitative estimate of drug-likeness (QED) is 0.780. The van der Waals surface area contributed by atoms with Gasteiger partial charge in [-0.15, -0.1) is 11.3 Å². The van der Waals surface area contributed by atoms with Crippen molar-refractivity contribution in [1.82, 2.24) is 4.31 Å². The van der Waals surface area contributed by atoms with Crippen molar-refractivity contribution >= 4 is 27.3 Å². The van der Waals surface area contributed by atoms with Crippen molar-refractivity contribution in [2.75, 3.05) is 18.9 Å². The Morgan fingerprint density at radius 3 is 2.90 bits per heavy atom. The second-order valence-electron chi connectivity index (χ2n) is 4.97. The summed E-state index contributed by atoms with van der Waals surface area (Å²) in [5, 5.41) is 10.6. The van der Waals surface area contributed by atoms with E-state index in [0.29, 0.717) is 13.2 Å². The van der Waals surface area contributed by atoms with Crippen LogP contribution in [0.2, 0.25) is 0 Å². The molecule has 0 radical (unpaired) electrons. The molecule has 1 aliphatic heterocycles. The van der Waals surface area contributed by atoms with Crippen molar-refractivity contribution < 1.29 is 23.1 Å². The molecule has 0 saturated carbocycles. The summed E-state index contributed by atoms with van der Waals surface area (Å²) >= 11 is 1.49. The van der Waals surface area contributed by atoms with Gasteiger partial charge in [0.25, 0.3) is 0 Å². The molecule has 2 rings (SSSR count). The van der Waals surface area contributed by atoms with Gasteiger partial charge in [0.05, 0.1) is 18.3 Å². The Labute approximate surface area is 128 Å². The van der Waals surface area contributed by atoms with Crippen molar-refractivity contribution in [2.24, 2.45) is 0 Å². The predicted octanol–water partition coefficient (Wildman–Crippen LogP) is 1.53. The van der Waals surface area contributed by atoms with Crippen molar-refractivity contribution in [3.63, 3.8) is 0 Å². The molecule has 0 spiro atoms. The minimum Gasteiger partial charge on any atom is -0.481 e. The molecule has 1 aromatic heterocycles. The first-order chi connectivity index (χ1) is 9.97. The Hall–Kier alpha value is -0.960. The van der Waals surface area contributed by atoms with Gasteiger partial charge in [-0.05, 0) is 24.3 Å². The van der Waals surface area contributed by atoms with Gasteiger partial charge >= 0.3 is 5.97 Å². The van der Waals surface area contributed by atoms with E-state index in [0.717, 1.165) is 17.7 Å². The van der Waals surface area contributed by atoms with E-state index >= 15 is 0 Å². The molecule has 1 fully saturated rings. The van der Waals surface area contributed by atoms with Gasteiger partial charge < -0.3 is 9.84 Å². The van der Waals surface area contributed by atoms with E-state index in [-0.39, 0.29) is 24.8 Å². The molecule has 118 valence electrons. The molecule has 1 aliphatic rings. The van der Waals surface area contributed by atoms with E-state index in [9.17, 15) is 13.2 Å². The number of sulfonamides is 1. The predicted molar refractivity (Wildman–Crippen MR) is 79.7 cm³/mol. The number of nitrogens with zero attached hydrogens (tertiary/aromatic N) is 1. The second kappa shape index (κ2) is 7.35. The van der Waals surface area contributed by atoms with Crippen LogP contribution >= 0.6 is 11.3 Å². The fourth-order valence-electron chi connectivity index (χ4n) is 2.21. The summed E-state index contributed by atoms with van der Waals surface area (Å²) in [6, 6.07) is 3.74. The van der Waals surface area contributed by atoms with Crippen LogP contribution in [-0.2, 0) is 26.1 Å². The van der Waals surface area contributed by atoms with Crippen molar-refractivity contribution in [1.29, 1.82) is 0 Å². The monoisotopic (exact) mass is 333 g/mol. The van der Waals surface area contributed by atoms with E-state index in [4.69, 9.17) is 9.84 Å². The highest BCUT2D eigenvalue weighted by Gasteiger charge is 2.28. The van der Waals surface area contributed by atoms with Crippen LogP contribution in [0.25, 0.3) is 0 Å². The molecule has 21 heavy (non-hydrogen) atoms. The van der Waals surface area contributed by atoms with Gasteiger partial charge in [-0.3, -0.25) is 4.79 Å². The summed E-state index contributed by atoms with van der Waals surface area (Å²) in [6.07, 6.45) is 1.31. The van der Waals surface area contributed by atoms with Gasteiger partial charge in [0.15, 0.2) is 0 Å². The molecule has 0 aromatic carbocycles. The first-order valence-corrected chi connectivity index (χ1v) is 9.30. The molecule has 6 nitrogen and oxygen atoms in total. The third-order valence-corrected chi connectivity index (χ3v) is 5.96. The lowest BCUT2D eigenvalue weighted by atomic mass is 10.2.